The van der Waals surface area contributed by atoms with E-state index in [-0.39, 0.29) is 31.7 Å². The van der Waals surface area contributed by atoms with E-state index in [0.29, 0.717) is 0 Å². The first kappa shape index (κ1) is 13.8. The molecule has 0 aromatic heterocycles. The van der Waals surface area contributed by atoms with Crippen molar-refractivity contribution in [3.63, 3.8) is 0 Å². The van der Waals surface area contributed by atoms with Crippen LogP contribution in [0.2, 0.25) is 0 Å². The monoisotopic (exact) mass is 297 g/mol. The van der Waals surface area contributed by atoms with E-state index in [1.807, 2.05) is 0 Å². The third kappa shape index (κ3) is 1.84. The van der Waals surface area contributed by atoms with E-state index in [4.69, 9.17) is 5.11 Å². The van der Waals surface area contributed by atoms with Crippen molar-refractivity contribution in [3.05, 3.63) is 0 Å². The first-order valence-electron chi connectivity index (χ1n) is 5.50. The molecule has 0 aromatic rings. The van der Waals surface area contributed by atoms with Crippen LogP contribution in [0, 0.1) is 5.92 Å². The normalized spacial score (nSPS) is 36.2. The van der Waals surface area contributed by atoms with E-state index in [2.05, 4.69) is 0 Å². The molecule has 2 aliphatic rings. The molecule has 1 spiro atoms. The van der Waals surface area contributed by atoms with Crippen LogP contribution in [-0.4, -0.2) is 62.1 Å². The van der Waals surface area contributed by atoms with Gasteiger partial charge in [0, 0.05) is 13.1 Å². The third-order valence-corrected chi connectivity index (χ3v) is 7.80. The van der Waals surface area contributed by atoms with Crippen LogP contribution in [0.1, 0.15) is 12.8 Å². The van der Waals surface area contributed by atoms with E-state index in [1.165, 1.54) is 0 Å². The van der Waals surface area contributed by atoms with Gasteiger partial charge >= 0.3 is 5.97 Å². The zero-order valence-electron chi connectivity index (χ0n) is 9.87. The summed E-state index contributed by atoms with van der Waals surface area (Å²) in [5.74, 6) is -2.35. The lowest BCUT2D eigenvalue weighted by molar-refractivity contribution is -0.142. The van der Waals surface area contributed by atoms with Crippen molar-refractivity contribution in [2.24, 2.45) is 5.92 Å². The summed E-state index contributed by atoms with van der Waals surface area (Å²) in [6.45, 7) is -0.160. The molecule has 7 nitrogen and oxygen atoms in total. The van der Waals surface area contributed by atoms with Crippen LogP contribution in [0.5, 0.6) is 0 Å². The lowest BCUT2D eigenvalue weighted by atomic mass is 9.89. The third-order valence-electron chi connectivity index (χ3n) is 3.93. The summed E-state index contributed by atoms with van der Waals surface area (Å²) < 4.78 is 46.7. The minimum Gasteiger partial charge on any atom is -0.481 e. The van der Waals surface area contributed by atoms with Crippen molar-refractivity contribution in [1.82, 2.24) is 4.31 Å². The lowest BCUT2D eigenvalue weighted by Crippen LogP contribution is -2.46. The Balaban J connectivity index is 2.44. The maximum atomic E-state index is 12.1. The fourth-order valence-corrected chi connectivity index (χ4v) is 6.23. The fourth-order valence-electron chi connectivity index (χ4n) is 2.90. The molecule has 2 heterocycles. The second kappa shape index (κ2) is 3.91. The van der Waals surface area contributed by atoms with Crippen molar-refractivity contribution in [2.45, 2.75) is 17.6 Å². The molecule has 2 atom stereocenters. The number of carboxylic acid groups (broad SMARTS) is 1. The molecule has 0 aliphatic carbocycles. The molecular weight excluding hydrogens is 282 g/mol. The van der Waals surface area contributed by atoms with Gasteiger partial charge in [0.15, 0.2) is 9.84 Å². The number of sulfone groups is 1. The number of carbonyl (C=O) groups is 1. The summed E-state index contributed by atoms with van der Waals surface area (Å²) in [4.78, 5) is 11.2. The van der Waals surface area contributed by atoms with Gasteiger partial charge < -0.3 is 5.11 Å². The van der Waals surface area contributed by atoms with Gasteiger partial charge in [-0.05, 0) is 12.8 Å². The first-order valence-corrected chi connectivity index (χ1v) is 9.00. The quantitative estimate of drug-likeness (QED) is 0.693. The smallest absolute Gasteiger partial charge is 0.308 e. The van der Waals surface area contributed by atoms with Gasteiger partial charge in [-0.1, -0.05) is 0 Å². The molecule has 0 saturated carbocycles. The molecule has 0 aromatic carbocycles. The van der Waals surface area contributed by atoms with Crippen molar-refractivity contribution < 1.29 is 26.7 Å². The summed E-state index contributed by atoms with van der Waals surface area (Å²) in [6, 6.07) is 0. The van der Waals surface area contributed by atoms with E-state index in [9.17, 15) is 21.6 Å². The highest BCUT2D eigenvalue weighted by Gasteiger charge is 2.61. The van der Waals surface area contributed by atoms with E-state index >= 15 is 0 Å². The largest absolute Gasteiger partial charge is 0.481 e. The highest BCUT2D eigenvalue weighted by atomic mass is 32.2. The summed E-state index contributed by atoms with van der Waals surface area (Å²) in [5.41, 5.74) is 0. The predicted octanol–water partition coefficient (Wildman–Crippen LogP) is -1.09. The molecule has 2 rings (SSSR count). The standard InChI is InChI=1S/C9H15NO6S2/c1-17(13,14)10-4-3-9(6-10)7(8(11)12)2-5-18(9,15)16/h7H,2-6H2,1H3,(H,11,12)/t7-,9-/m0/s1. The first-order chi connectivity index (χ1) is 8.10. The topological polar surface area (TPSA) is 109 Å². The number of rotatable bonds is 2. The summed E-state index contributed by atoms with van der Waals surface area (Å²) in [7, 11) is -7.05. The number of sulfonamides is 1. The van der Waals surface area contributed by atoms with Gasteiger partial charge in [0.2, 0.25) is 10.0 Å². The van der Waals surface area contributed by atoms with E-state index in [1.54, 1.807) is 0 Å². The molecule has 0 amide bonds. The Kier molecular flexibility index (Phi) is 2.99. The molecule has 0 bridgehead atoms. The van der Waals surface area contributed by atoms with Gasteiger partial charge in [-0.3, -0.25) is 4.79 Å². The molecule has 104 valence electrons. The summed E-state index contributed by atoms with van der Waals surface area (Å²) >= 11 is 0. The van der Waals surface area contributed by atoms with Crippen molar-refractivity contribution in [1.29, 1.82) is 0 Å². The highest BCUT2D eigenvalue weighted by molar-refractivity contribution is 7.93. The van der Waals surface area contributed by atoms with Gasteiger partial charge in [-0.25, -0.2) is 21.1 Å². The van der Waals surface area contributed by atoms with E-state index < -0.39 is 36.5 Å². The SMILES string of the molecule is CS(=O)(=O)N1CC[C@]2(C1)[C@H](C(=O)O)CCS2(=O)=O. The number of hydrogen-bond donors (Lipinski definition) is 1. The minimum absolute atomic E-state index is 0.0648. The van der Waals surface area contributed by atoms with Gasteiger partial charge in [0.05, 0.1) is 17.9 Å². The molecular formula is C9H15NO6S2. The van der Waals surface area contributed by atoms with Gasteiger partial charge in [-0.15, -0.1) is 0 Å². The van der Waals surface area contributed by atoms with Crippen molar-refractivity contribution in [2.75, 3.05) is 25.1 Å². The maximum Gasteiger partial charge on any atom is 0.308 e. The second-order valence-electron chi connectivity index (χ2n) is 4.91. The van der Waals surface area contributed by atoms with Crippen LogP contribution in [0.4, 0.5) is 0 Å². The number of carboxylic acids is 1. The van der Waals surface area contributed by atoms with E-state index in [0.717, 1.165) is 10.6 Å². The molecule has 2 saturated heterocycles. The number of aliphatic carboxylic acids is 1. The maximum absolute atomic E-state index is 12.1. The van der Waals surface area contributed by atoms with Crippen LogP contribution in [-0.2, 0) is 24.7 Å². The second-order valence-corrected chi connectivity index (χ2v) is 9.34. The molecule has 1 N–H and O–H groups in total. The van der Waals surface area contributed by atoms with Gasteiger partial charge in [0.1, 0.15) is 4.75 Å². The Bertz CT molecular complexity index is 580. The Morgan fingerprint density at radius 1 is 1.44 bits per heavy atom. The Morgan fingerprint density at radius 2 is 2.06 bits per heavy atom. The van der Waals surface area contributed by atoms with Gasteiger partial charge in [0.25, 0.3) is 0 Å². The highest BCUT2D eigenvalue weighted by Crippen LogP contribution is 2.45. The molecule has 18 heavy (non-hydrogen) atoms. The average Bonchev–Trinajstić information content (AvgIpc) is 2.71. The summed E-state index contributed by atoms with van der Waals surface area (Å²) in [5, 5.41) is 9.13. The molecule has 0 unspecified atom stereocenters. The van der Waals surface area contributed by atoms with Crippen LogP contribution in [0.3, 0.4) is 0 Å². The molecule has 2 fully saturated rings. The Hall–Kier alpha value is -0.670. The fraction of sp³-hybridized carbons (Fsp3) is 0.889. The Labute approximate surface area is 106 Å². The summed E-state index contributed by atoms with van der Waals surface area (Å²) in [6.07, 6.45) is 1.14. The zero-order valence-corrected chi connectivity index (χ0v) is 11.5. The molecule has 9 heteroatoms. The Morgan fingerprint density at radius 3 is 2.50 bits per heavy atom. The zero-order chi connectivity index (χ0) is 13.8. The lowest BCUT2D eigenvalue weighted by Gasteiger charge is -2.26. The van der Waals surface area contributed by atoms with Crippen molar-refractivity contribution >= 4 is 25.8 Å². The molecule has 2 aliphatic heterocycles. The van der Waals surface area contributed by atoms with Crippen LogP contribution in [0.15, 0.2) is 0 Å². The van der Waals surface area contributed by atoms with Gasteiger partial charge in [-0.2, -0.15) is 0 Å². The van der Waals surface area contributed by atoms with Crippen LogP contribution in [0.25, 0.3) is 0 Å². The number of nitrogens with zero attached hydrogens (tertiary/aromatic N) is 1. The minimum atomic E-state index is -3.56. The van der Waals surface area contributed by atoms with Crippen LogP contribution < -0.4 is 0 Å². The van der Waals surface area contributed by atoms with Crippen molar-refractivity contribution in [3.8, 4) is 0 Å². The average molecular weight is 297 g/mol. The van der Waals surface area contributed by atoms with Crippen LogP contribution >= 0.6 is 0 Å². The number of hydrogen-bond acceptors (Lipinski definition) is 5. The molecule has 0 radical (unpaired) electrons. The predicted molar refractivity (Wildman–Crippen MR) is 63.3 cm³/mol.